The molecular weight excluding hydrogens is 410 g/mol. The third kappa shape index (κ3) is 4.73. The van der Waals surface area contributed by atoms with Gasteiger partial charge in [0.25, 0.3) is 5.91 Å². The van der Waals surface area contributed by atoms with Gasteiger partial charge in [0.1, 0.15) is 10.3 Å². The second-order valence-corrected chi connectivity index (χ2v) is 8.48. The van der Waals surface area contributed by atoms with Gasteiger partial charge in [0.2, 0.25) is 0 Å². The number of rotatable bonds is 9. The maximum atomic E-state index is 12.6. The molecule has 0 bridgehead atoms. The molecule has 0 saturated heterocycles. The van der Waals surface area contributed by atoms with E-state index in [1.54, 1.807) is 36.5 Å². The second-order valence-electron chi connectivity index (χ2n) is 6.42. The van der Waals surface area contributed by atoms with Crippen LogP contribution in [0.5, 0.6) is 0 Å². The summed E-state index contributed by atoms with van der Waals surface area (Å²) in [5.74, 6) is 0.433. The van der Waals surface area contributed by atoms with E-state index in [1.165, 1.54) is 11.3 Å². The first-order valence-electron chi connectivity index (χ1n) is 9.27. The van der Waals surface area contributed by atoms with Crippen LogP contribution in [0.2, 0.25) is 0 Å². The monoisotopic (exact) mass is 431 g/mol. The summed E-state index contributed by atoms with van der Waals surface area (Å²) in [5, 5.41) is 18.9. The first kappa shape index (κ1) is 19.8. The van der Waals surface area contributed by atoms with Crippen LogP contribution in [0.3, 0.4) is 0 Å². The van der Waals surface area contributed by atoms with Crippen LogP contribution in [0, 0.1) is 6.92 Å². The zero-order valence-electron chi connectivity index (χ0n) is 15.8. The highest BCUT2D eigenvalue weighted by molar-refractivity contribution is 7.29. The van der Waals surface area contributed by atoms with Crippen molar-refractivity contribution in [1.29, 1.82) is 0 Å². The Kier molecular flexibility index (Phi) is 6.05. The number of aliphatic hydroxyl groups is 1. The number of hydrogen-bond donors (Lipinski definition) is 4. The number of aryl methyl sites for hydroxylation is 1. The maximum Gasteiger partial charge on any atom is 0.265 e. The Morgan fingerprint density at radius 2 is 2.07 bits per heavy atom. The fourth-order valence-electron chi connectivity index (χ4n) is 2.85. The highest BCUT2D eigenvalue weighted by Crippen LogP contribution is 2.33. The van der Waals surface area contributed by atoms with E-state index in [0.29, 0.717) is 28.6 Å². The van der Waals surface area contributed by atoms with E-state index in [2.05, 4.69) is 25.9 Å². The molecule has 8 nitrogen and oxygen atoms in total. The predicted molar refractivity (Wildman–Crippen MR) is 117 cm³/mol. The van der Waals surface area contributed by atoms with Crippen molar-refractivity contribution in [1.82, 2.24) is 15.3 Å². The Morgan fingerprint density at radius 3 is 2.90 bits per heavy atom. The molecule has 0 spiro atoms. The Balaban J connectivity index is 1.36. The summed E-state index contributed by atoms with van der Waals surface area (Å²) in [6.07, 6.45) is 0.941. The van der Waals surface area contributed by atoms with Gasteiger partial charge in [-0.05, 0) is 37.2 Å². The number of oxazole rings is 1. The second kappa shape index (κ2) is 8.87. The van der Waals surface area contributed by atoms with Gasteiger partial charge >= 0.3 is 0 Å². The zero-order chi connectivity index (χ0) is 20.2. The Hall–Kier alpha value is -2.53. The van der Waals surface area contributed by atoms with Crippen LogP contribution in [0.4, 0.5) is 10.8 Å². The first-order chi connectivity index (χ1) is 14.1. The van der Waals surface area contributed by atoms with Crippen LogP contribution < -0.4 is 16.0 Å². The quantitative estimate of drug-likeness (QED) is 0.300. The van der Waals surface area contributed by atoms with E-state index in [4.69, 9.17) is 9.52 Å². The minimum Gasteiger partial charge on any atom is -0.441 e. The molecule has 0 saturated carbocycles. The fraction of sp³-hybridized carbons (Fsp3) is 0.316. The number of aliphatic hydroxyl groups excluding tert-OH is 1. The van der Waals surface area contributed by atoms with Crippen molar-refractivity contribution < 1.29 is 14.3 Å². The third-order valence-electron chi connectivity index (χ3n) is 4.16. The molecule has 0 atom stereocenters. The maximum absolute atomic E-state index is 12.6. The number of fused-ring (bicyclic) bond motifs is 2. The number of carbonyl (C=O) groups excluding carboxylic acids is 1. The summed E-state index contributed by atoms with van der Waals surface area (Å²) in [7, 11) is 0. The summed E-state index contributed by atoms with van der Waals surface area (Å²) >= 11 is 2.92. The lowest BCUT2D eigenvalue weighted by atomic mass is 10.3. The van der Waals surface area contributed by atoms with E-state index in [-0.39, 0.29) is 12.5 Å². The molecule has 0 radical (unpaired) electrons. The lowest BCUT2D eigenvalue weighted by Gasteiger charge is -2.03. The summed E-state index contributed by atoms with van der Waals surface area (Å²) < 4.78 is 6.45. The molecule has 0 fully saturated rings. The lowest BCUT2D eigenvalue weighted by Crippen LogP contribution is -2.21. The van der Waals surface area contributed by atoms with Crippen molar-refractivity contribution in [3.8, 4) is 0 Å². The molecule has 4 aromatic rings. The molecule has 152 valence electrons. The smallest absolute Gasteiger partial charge is 0.265 e. The van der Waals surface area contributed by atoms with Crippen molar-refractivity contribution in [2.24, 2.45) is 0 Å². The molecule has 1 aromatic carbocycles. The third-order valence-corrected chi connectivity index (χ3v) is 6.28. The van der Waals surface area contributed by atoms with Crippen molar-refractivity contribution in [2.75, 3.05) is 36.9 Å². The van der Waals surface area contributed by atoms with E-state index in [1.807, 2.05) is 6.07 Å². The van der Waals surface area contributed by atoms with E-state index in [0.717, 1.165) is 39.7 Å². The van der Waals surface area contributed by atoms with Gasteiger partial charge in [0.15, 0.2) is 16.6 Å². The van der Waals surface area contributed by atoms with E-state index in [9.17, 15) is 4.79 Å². The molecule has 10 heteroatoms. The van der Waals surface area contributed by atoms with E-state index >= 15 is 0 Å². The van der Waals surface area contributed by atoms with Crippen LogP contribution in [0.25, 0.3) is 20.6 Å². The van der Waals surface area contributed by atoms with Crippen LogP contribution in [0.1, 0.15) is 22.0 Å². The molecule has 0 aliphatic carbocycles. The van der Waals surface area contributed by atoms with Crippen LogP contribution in [-0.2, 0) is 0 Å². The number of nitrogens with zero attached hydrogens (tertiary/aromatic N) is 2. The molecule has 0 aliphatic heterocycles. The average Bonchev–Trinajstić information content (AvgIpc) is 3.36. The summed E-state index contributed by atoms with van der Waals surface area (Å²) in [6.45, 7) is 4.21. The fourth-order valence-corrected chi connectivity index (χ4v) is 4.89. The van der Waals surface area contributed by atoms with Gasteiger partial charge < -0.3 is 25.5 Å². The van der Waals surface area contributed by atoms with Crippen LogP contribution in [0.15, 0.2) is 28.7 Å². The lowest BCUT2D eigenvalue weighted by molar-refractivity contribution is 0.103. The summed E-state index contributed by atoms with van der Waals surface area (Å²) in [5.41, 5.74) is 2.10. The molecule has 29 heavy (non-hydrogen) atoms. The molecular formula is C19H21N5O3S2. The molecule has 3 aromatic heterocycles. The van der Waals surface area contributed by atoms with Crippen molar-refractivity contribution in [3.05, 3.63) is 35.0 Å². The Bertz CT molecular complexity index is 1100. The van der Waals surface area contributed by atoms with Gasteiger partial charge in [-0.1, -0.05) is 11.3 Å². The Labute approximate surface area is 175 Å². The van der Waals surface area contributed by atoms with Gasteiger partial charge in [0, 0.05) is 25.7 Å². The highest BCUT2D eigenvalue weighted by Gasteiger charge is 2.15. The summed E-state index contributed by atoms with van der Waals surface area (Å²) in [4.78, 5) is 22.9. The van der Waals surface area contributed by atoms with Crippen molar-refractivity contribution in [2.45, 2.75) is 13.3 Å². The standard InChI is InChI=1S/C19H21N5O3S2/c1-11-22-13-9-12(3-4-14(13)27-11)23-17(26)15-10-16-18(28-15)24-19(29-16)21-6-2-5-20-7-8-25/h3-4,9-10,20,25H,2,5-8H2,1H3,(H,21,24)(H,23,26). The number of amides is 1. The molecule has 0 aliphatic rings. The minimum atomic E-state index is -0.163. The first-order valence-corrected chi connectivity index (χ1v) is 10.9. The Morgan fingerprint density at radius 1 is 1.17 bits per heavy atom. The van der Waals surface area contributed by atoms with Crippen molar-refractivity contribution >= 4 is 60.0 Å². The van der Waals surface area contributed by atoms with Gasteiger partial charge in [-0.25, -0.2) is 9.97 Å². The zero-order valence-corrected chi connectivity index (χ0v) is 17.5. The largest absolute Gasteiger partial charge is 0.441 e. The molecule has 0 unspecified atom stereocenters. The number of thiazole rings is 1. The normalized spacial score (nSPS) is 11.4. The van der Waals surface area contributed by atoms with E-state index < -0.39 is 0 Å². The highest BCUT2D eigenvalue weighted by atomic mass is 32.1. The van der Waals surface area contributed by atoms with Crippen LogP contribution >= 0.6 is 22.7 Å². The number of thiophene rings is 1. The number of anilines is 2. The topological polar surface area (TPSA) is 112 Å². The van der Waals surface area contributed by atoms with Crippen molar-refractivity contribution in [3.63, 3.8) is 0 Å². The van der Waals surface area contributed by atoms with Gasteiger partial charge in [-0.15, -0.1) is 11.3 Å². The number of hydrogen-bond acceptors (Lipinski definition) is 9. The number of aromatic nitrogens is 2. The number of carbonyl (C=O) groups is 1. The molecule has 1 amide bonds. The SMILES string of the molecule is Cc1nc2cc(NC(=O)c3cc4sc(NCCCNCCO)nc4s3)ccc2o1. The van der Waals surface area contributed by atoms with Gasteiger partial charge in [0.05, 0.1) is 16.2 Å². The number of nitrogens with one attached hydrogen (secondary N) is 3. The van der Waals surface area contributed by atoms with Gasteiger partial charge in [-0.3, -0.25) is 4.79 Å². The number of benzene rings is 1. The van der Waals surface area contributed by atoms with Gasteiger partial charge in [-0.2, -0.15) is 0 Å². The van der Waals surface area contributed by atoms with Crippen LogP contribution in [-0.4, -0.2) is 47.2 Å². The molecule has 4 N–H and O–H groups in total. The average molecular weight is 432 g/mol. The molecule has 3 heterocycles. The predicted octanol–water partition coefficient (Wildman–Crippen LogP) is 3.44. The molecule has 4 rings (SSSR count). The minimum absolute atomic E-state index is 0.153. The summed E-state index contributed by atoms with van der Waals surface area (Å²) in [6, 6.07) is 7.28.